The molecule has 0 aromatic heterocycles. The minimum absolute atomic E-state index is 0.336. The summed E-state index contributed by atoms with van der Waals surface area (Å²) in [6, 6.07) is 10.7. The van der Waals surface area contributed by atoms with E-state index in [9.17, 15) is 0 Å². The summed E-state index contributed by atoms with van der Waals surface area (Å²) in [6.45, 7) is 2.15. The number of benzene rings is 1. The number of aliphatic imine (C=N–C) groups is 1. The third-order valence-electron chi connectivity index (χ3n) is 2.55. The fourth-order valence-corrected chi connectivity index (χ4v) is 1.62. The summed E-state index contributed by atoms with van der Waals surface area (Å²) in [4.78, 5) is 4.43. The topological polar surface area (TPSA) is 12.4 Å². The molecule has 0 spiro atoms. The van der Waals surface area contributed by atoms with Gasteiger partial charge in [-0.25, -0.2) is 0 Å². The molecular weight excluding hydrogens is 182 g/mol. The van der Waals surface area contributed by atoms with Crippen molar-refractivity contribution in [3.8, 4) is 0 Å². The molecule has 15 heavy (non-hydrogen) atoms. The Morgan fingerprint density at radius 1 is 1.20 bits per heavy atom. The van der Waals surface area contributed by atoms with Crippen LogP contribution in [0.2, 0.25) is 0 Å². The highest BCUT2D eigenvalue weighted by Crippen LogP contribution is 2.17. The summed E-state index contributed by atoms with van der Waals surface area (Å²) >= 11 is 0. The van der Waals surface area contributed by atoms with Gasteiger partial charge in [-0.1, -0.05) is 49.4 Å². The third kappa shape index (κ3) is 2.44. The van der Waals surface area contributed by atoms with Crippen molar-refractivity contribution in [1.29, 1.82) is 0 Å². The van der Waals surface area contributed by atoms with E-state index in [1.165, 1.54) is 11.1 Å². The molecule has 0 radical (unpaired) electrons. The SMILES string of the molecule is CCC1C=CC(c2ccccc2)=CC=N1. The van der Waals surface area contributed by atoms with Crippen LogP contribution in [0.15, 0.2) is 53.6 Å². The van der Waals surface area contributed by atoms with Gasteiger partial charge in [0.15, 0.2) is 0 Å². The van der Waals surface area contributed by atoms with Crippen LogP contribution >= 0.6 is 0 Å². The summed E-state index contributed by atoms with van der Waals surface area (Å²) in [5, 5.41) is 0. The van der Waals surface area contributed by atoms with E-state index in [0.717, 1.165) is 6.42 Å². The summed E-state index contributed by atoms with van der Waals surface area (Å²) < 4.78 is 0. The average Bonchev–Trinajstić information content (AvgIpc) is 2.55. The maximum absolute atomic E-state index is 4.43. The lowest BCUT2D eigenvalue weighted by atomic mass is 10.0. The molecule has 0 amide bonds. The van der Waals surface area contributed by atoms with E-state index in [4.69, 9.17) is 0 Å². The van der Waals surface area contributed by atoms with Gasteiger partial charge in [-0.3, -0.25) is 4.99 Å². The first-order chi connectivity index (χ1) is 7.40. The van der Waals surface area contributed by atoms with Crippen molar-refractivity contribution >= 4 is 11.8 Å². The Morgan fingerprint density at radius 3 is 2.73 bits per heavy atom. The highest BCUT2D eigenvalue weighted by Gasteiger charge is 2.02. The predicted octanol–water partition coefficient (Wildman–Crippen LogP) is 3.49. The van der Waals surface area contributed by atoms with Gasteiger partial charge in [0.1, 0.15) is 0 Å². The first kappa shape index (κ1) is 9.91. The van der Waals surface area contributed by atoms with Crippen molar-refractivity contribution in [2.75, 3.05) is 0 Å². The van der Waals surface area contributed by atoms with Crippen LogP contribution in [0.1, 0.15) is 18.9 Å². The monoisotopic (exact) mass is 197 g/mol. The molecule has 1 aromatic carbocycles. The molecule has 1 nitrogen and oxygen atoms in total. The molecule has 0 fully saturated rings. The number of nitrogens with zero attached hydrogens (tertiary/aromatic N) is 1. The van der Waals surface area contributed by atoms with Crippen molar-refractivity contribution in [3.63, 3.8) is 0 Å². The van der Waals surface area contributed by atoms with Gasteiger partial charge < -0.3 is 0 Å². The van der Waals surface area contributed by atoms with E-state index in [2.05, 4.69) is 54.4 Å². The van der Waals surface area contributed by atoms with Crippen LogP contribution in [0, 0.1) is 0 Å². The van der Waals surface area contributed by atoms with Gasteiger partial charge in [0.2, 0.25) is 0 Å². The van der Waals surface area contributed by atoms with Crippen LogP contribution in [-0.2, 0) is 0 Å². The van der Waals surface area contributed by atoms with Crippen molar-refractivity contribution < 1.29 is 0 Å². The van der Waals surface area contributed by atoms with Gasteiger partial charge in [-0.2, -0.15) is 0 Å². The molecule has 76 valence electrons. The Bertz CT molecular complexity index is 399. The largest absolute Gasteiger partial charge is 0.286 e. The second kappa shape index (κ2) is 4.74. The average molecular weight is 197 g/mol. The number of hydrogen-bond donors (Lipinski definition) is 0. The van der Waals surface area contributed by atoms with Crippen molar-refractivity contribution in [2.45, 2.75) is 19.4 Å². The van der Waals surface area contributed by atoms with Gasteiger partial charge in [-0.15, -0.1) is 0 Å². The van der Waals surface area contributed by atoms with Crippen LogP contribution in [-0.4, -0.2) is 12.3 Å². The second-order valence-corrected chi connectivity index (χ2v) is 3.62. The molecule has 0 bridgehead atoms. The van der Waals surface area contributed by atoms with Crippen LogP contribution in [0.5, 0.6) is 0 Å². The molecule has 2 rings (SSSR count). The first-order valence-electron chi connectivity index (χ1n) is 5.37. The zero-order valence-electron chi connectivity index (χ0n) is 8.93. The molecule has 1 unspecified atom stereocenters. The molecule has 1 aliphatic heterocycles. The summed E-state index contributed by atoms with van der Waals surface area (Å²) in [7, 11) is 0. The van der Waals surface area contributed by atoms with Gasteiger partial charge in [0, 0.05) is 6.21 Å². The summed E-state index contributed by atoms with van der Waals surface area (Å²) in [5.41, 5.74) is 2.48. The normalized spacial score (nSPS) is 19.8. The molecule has 1 aromatic rings. The zero-order chi connectivity index (χ0) is 10.5. The molecule has 1 atom stereocenters. The Balaban J connectivity index is 2.26. The Morgan fingerprint density at radius 2 is 2.00 bits per heavy atom. The second-order valence-electron chi connectivity index (χ2n) is 3.62. The lowest BCUT2D eigenvalue weighted by Crippen LogP contribution is -1.95. The molecule has 1 heterocycles. The van der Waals surface area contributed by atoms with E-state index in [0.29, 0.717) is 6.04 Å². The number of hydrogen-bond acceptors (Lipinski definition) is 1. The van der Waals surface area contributed by atoms with E-state index in [-0.39, 0.29) is 0 Å². The third-order valence-corrected chi connectivity index (χ3v) is 2.55. The van der Waals surface area contributed by atoms with E-state index >= 15 is 0 Å². The fraction of sp³-hybridized carbons (Fsp3) is 0.214. The van der Waals surface area contributed by atoms with E-state index in [1.54, 1.807) is 0 Å². The highest BCUT2D eigenvalue weighted by molar-refractivity contribution is 5.89. The van der Waals surface area contributed by atoms with E-state index < -0.39 is 0 Å². The van der Waals surface area contributed by atoms with Gasteiger partial charge in [-0.05, 0) is 23.6 Å². The zero-order valence-corrected chi connectivity index (χ0v) is 8.93. The number of rotatable bonds is 2. The molecular formula is C14H15N. The standard InChI is InChI=1S/C14H15N/c1-2-14-9-8-13(10-11-15-14)12-6-4-3-5-7-12/h3-11,14H,2H2,1H3. The smallest absolute Gasteiger partial charge is 0.0680 e. The van der Waals surface area contributed by atoms with Crippen LogP contribution in [0.3, 0.4) is 0 Å². The Hall–Kier alpha value is -1.63. The summed E-state index contributed by atoms with van der Waals surface area (Å²) in [5.74, 6) is 0. The van der Waals surface area contributed by atoms with Crippen LogP contribution in [0.4, 0.5) is 0 Å². The Kier molecular flexibility index (Phi) is 3.13. The van der Waals surface area contributed by atoms with Gasteiger partial charge >= 0.3 is 0 Å². The predicted molar refractivity (Wildman–Crippen MR) is 66.1 cm³/mol. The Labute approximate surface area is 90.9 Å². The van der Waals surface area contributed by atoms with Crippen molar-refractivity contribution in [3.05, 3.63) is 54.1 Å². The van der Waals surface area contributed by atoms with Crippen LogP contribution < -0.4 is 0 Å². The number of allylic oxidation sites excluding steroid dienone is 3. The molecule has 0 saturated heterocycles. The lowest BCUT2D eigenvalue weighted by molar-refractivity contribution is 0.790. The quantitative estimate of drug-likeness (QED) is 0.688. The molecule has 1 aliphatic rings. The maximum atomic E-state index is 4.43. The van der Waals surface area contributed by atoms with Crippen molar-refractivity contribution in [2.24, 2.45) is 4.99 Å². The van der Waals surface area contributed by atoms with Gasteiger partial charge in [0.05, 0.1) is 6.04 Å². The fourth-order valence-electron chi connectivity index (χ4n) is 1.62. The minimum atomic E-state index is 0.336. The minimum Gasteiger partial charge on any atom is -0.286 e. The molecule has 0 saturated carbocycles. The first-order valence-corrected chi connectivity index (χ1v) is 5.37. The van der Waals surface area contributed by atoms with Crippen molar-refractivity contribution in [1.82, 2.24) is 0 Å². The lowest BCUT2D eigenvalue weighted by Gasteiger charge is -2.01. The molecule has 1 heteroatoms. The maximum Gasteiger partial charge on any atom is 0.0680 e. The molecule has 0 N–H and O–H groups in total. The van der Waals surface area contributed by atoms with E-state index in [1.807, 2.05) is 12.3 Å². The summed E-state index contributed by atoms with van der Waals surface area (Å²) in [6.07, 6.45) is 9.37. The highest BCUT2D eigenvalue weighted by atomic mass is 14.8. The molecule has 0 aliphatic carbocycles. The van der Waals surface area contributed by atoms with Gasteiger partial charge in [0.25, 0.3) is 0 Å². The van der Waals surface area contributed by atoms with Crippen LogP contribution in [0.25, 0.3) is 5.57 Å².